The largest absolute Gasteiger partial charge is 0.468 e. The van der Waals surface area contributed by atoms with E-state index in [0.717, 1.165) is 0 Å². The van der Waals surface area contributed by atoms with Crippen molar-refractivity contribution in [3.05, 3.63) is 43.3 Å². The summed E-state index contributed by atoms with van der Waals surface area (Å²) in [4.78, 5) is 22.5. The molecule has 3 nitrogen and oxygen atoms in total. The molecule has 0 N–H and O–H groups in total. The second-order valence-corrected chi connectivity index (χ2v) is 2.90. The van der Waals surface area contributed by atoms with Gasteiger partial charge in [-0.25, -0.2) is 0 Å². The number of hydrogen-bond donors (Lipinski definition) is 0. The van der Waals surface area contributed by atoms with Crippen LogP contribution in [0.2, 0.25) is 0 Å². The molecule has 16 heavy (non-hydrogen) atoms. The second-order valence-electron chi connectivity index (χ2n) is 2.90. The molecule has 0 aliphatic heterocycles. The van der Waals surface area contributed by atoms with Crippen LogP contribution in [0.4, 0.5) is 0 Å². The van der Waals surface area contributed by atoms with Gasteiger partial charge in [-0.3, -0.25) is 9.59 Å². The minimum Gasteiger partial charge on any atom is -0.468 e. The Hall–Kier alpha value is -0.536. The topological polar surface area (TPSA) is 43.4 Å². The van der Waals surface area contributed by atoms with Crippen molar-refractivity contribution in [2.45, 2.75) is 12.8 Å². The Labute approximate surface area is 121 Å². The molecule has 85 valence electrons. The van der Waals surface area contributed by atoms with E-state index in [1.54, 1.807) is 24.3 Å². The van der Waals surface area contributed by atoms with Crippen molar-refractivity contribution in [3.8, 4) is 0 Å². The second kappa shape index (κ2) is 8.60. The fraction of sp³-hybridized carbons (Fsp3) is 0.250. The van der Waals surface area contributed by atoms with E-state index in [-0.39, 0.29) is 45.9 Å². The van der Waals surface area contributed by atoms with Crippen molar-refractivity contribution in [2.24, 2.45) is 0 Å². The van der Waals surface area contributed by atoms with Crippen LogP contribution in [0.15, 0.2) is 24.3 Å². The number of benzene rings is 1. The van der Waals surface area contributed by atoms with Gasteiger partial charge in [-0.1, -0.05) is 0 Å². The molecule has 1 rings (SSSR count). The number of carbonyl (C=O) groups is 2. The molecule has 1 radical (unpaired) electrons. The molecule has 4 heteroatoms. The van der Waals surface area contributed by atoms with E-state index in [1.807, 2.05) is 0 Å². The van der Waals surface area contributed by atoms with Crippen LogP contribution in [0.1, 0.15) is 18.4 Å². The summed E-state index contributed by atoms with van der Waals surface area (Å²) in [5, 5.41) is 0. The fourth-order valence-electron chi connectivity index (χ4n) is 1.25. The van der Waals surface area contributed by atoms with E-state index in [1.165, 1.54) is 14.0 Å². The molecule has 1 unspecified atom stereocenters. The van der Waals surface area contributed by atoms with Gasteiger partial charge >= 0.3 is 5.97 Å². The third-order valence-corrected chi connectivity index (χ3v) is 1.92. The molecule has 0 aliphatic rings. The Balaban J connectivity index is 0. The molecule has 0 fully saturated rings. The summed E-state index contributed by atoms with van der Waals surface area (Å²) in [5.74, 6) is -1.55. The van der Waals surface area contributed by atoms with Crippen LogP contribution in [-0.2, 0) is 47.0 Å². The van der Waals surface area contributed by atoms with Gasteiger partial charge in [0.15, 0.2) is 0 Å². The standard InChI is InChI=1S/C11H11O3.CH3.Y/c1-8(12)10(11(13)14-2)9-6-4-3-5-7-9;;/h4-7,10H,1-2H3;1H3;/q2*-1;. The summed E-state index contributed by atoms with van der Waals surface area (Å²) in [5.41, 5.74) is 0.642. The minimum atomic E-state index is -0.811. The van der Waals surface area contributed by atoms with Crippen molar-refractivity contribution < 1.29 is 47.0 Å². The average Bonchev–Trinajstić information content (AvgIpc) is 2.19. The quantitative estimate of drug-likeness (QED) is 0.485. The van der Waals surface area contributed by atoms with Crippen molar-refractivity contribution in [1.29, 1.82) is 0 Å². The Bertz CT molecular complexity index is 335. The summed E-state index contributed by atoms with van der Waals surface area (Å²) in [6.45, 7) is 1.37. The maximum absolute atomic E-state index is 11.3. The molecule has 0 heterocycles. The van der Waals surface area contributed by atoms with Crippen molar-refractivity contribution in [2.75, 3.05) is 7.11 Å². The van der Waals surface area contributed by atoms with Gasteiger partial charge in [0.1, 0.15) is 11.7 Å². The van der Waals surface area contributed by atoms with Crippen LogP contribution in [0.3, 0.4) is 0 Å². The zero-order chi connectivity index (χ0) is 10.6. The van der Waals surface area contributed by atoms with Crippen LogP contribution >= 0.6 is 0 Å². The van der Waals surface area contributed by atoms with Crippen molar-refractivity contribution in [1.82, 2.24) is 0 Å². The van der Waals surface area contributed by atoms with E-state index in [0.29, 0.717) is 5.56 Å². The smallest absolute Gasteiger partial charge is 0.318 e. The number of methoxy groups -OCH3 is 1. The fourth-order valence-corrected chi connectivity index (χ4v) is 1.25. The number of carbonyl (C=O) groups excluding carboxylic acids is 2. The van der Waals surface area contributed by atoms with Crippen LogP contribution in [0.25, 0.3) is 0 Å². The average molecular weight is 295 g/mol. The monoisotopic (exact) mass is 295 g/mol. The summed E-state index contributed by atoms with van der Waals surface area (Å²) < 4.78 is 4.56. The van der Waals surface area contributed by atoms with Gasteiger partial charge in [-0.2, -0.15) is 30.3 Å². The number of ether oxygens (including phenoxy) is 1. The molecule has 1 atom stereocenters. The van der Waals surface area contributed by atoms with Crippen molar-refractivity contribution >= 4 is 11.8 Å². The maximum Gasteiger partial charge on any atom is 0.318 e. The molecule has 0 aromatic heterocycles. The summed E-state index contributed by atoms with van der Waals surface area (Å²) in [7, 11) is 1.27. The number of rotatable bonds is 3. The van der Waals surface area contributed by atoms with Crippen molar-refractivity contribution in [3.63, 3.8) is 0 Å². The maximum atomic E-state index is 11.3. The molecular formula is C12H14O3Y-2. The summed E-state index contributed by atoms with van der Waals surface area (Å²) in [6.07, 6.45) is 0. The van der Waals surface area contributed by atoms with Gasteiger partial charge in [0.05, 0.1) is 7.11 Å². The Morgan fingerprint density at radius 2 is 1.81 bits per heavy atom. The van der Waals surface area contributed by atoms with Crippen LogP contribution in [0, 0.1) is 13.5 Å². The molecule has 0 saturated carbocycles. The van der Waals surface area contributed by atoms with Crippen LogP contribution in [-0.4, -0.2) is 18.9 Å². The molecule has 1 aromatic carbocycles. The predicted molar refractivity (Wildman–Crippen MR) is 57.1 cm³/mol. The minimum absolute atomic E-state index is 0. The summed E-state index contributed by atoms with van der Waals surface area (Å²) >= 11 is 0. The number of hydrogen-bond acceptors (Lipinski definition) is 3. The predicted octanol–water partition coefficient (Wildman–Crippen LogP) is 1.78. The van der Waals surface area contributed by atoms with Gasteiger partial charge in [0.2, 0.25) is 0 Å². The number of esters is 1. The van der Waals surface area contributed by atoms with Gasteiger partial charge in [-0.05, 0) is 6.92 Å². The Morgan fingerprint density at radius 1 is 1.31 bits per heavy atom. The normalized spacial score (nSPS) is 10.4. The molecule has 0 bridgehead atoms. The molecule has 0 spiro atoms. The third kappa shape index (κ3) is 4.54. The van der Waals surface area contributed by atoms with E-state index < -0.39 is 11.9 Å². The SMILES string of the molecule is COC(=O)C(C(C)=O)c1cc[c-]cc1.[CH3-].[Y]. The number of ketones is 1. The van der Waals surface area contributed by atoms with Crippen LogP contribution in [0.5, 0.6) is 0 Å². The van der Waals surface area contributed by atoms with E-state index >= 15 is 0 Å². The van der Waals surface area contributed by atoms with E-state index in [9.17, 15) is 9.59 Å². The number of Topliss-reactive ketones (excluding diaryl/α,β-unsaturated/α-hetero) is 1. The van der Waals surface area contributed by atoms with Gasteiger partial charge in [0.25, 0.3) is 0 Å². The molecule has 1 aromatic rings. The van der Waals surface area contributed by atoms with Gasteiger partial charge < -0.3 is 12.2 Å². The first-order valence-electron chi connectivity index (χ1n) is 4.21. The molecule has 0 amide bonds. The van der Waals surface area contributed by atoms with Crippen LogP contribution < -0.4 is 0 Å². The Kier molecular flexibility index (Phi) is 9.59. The zero-order valence-corrected chi connectivity index (χ0v) is 12.5. The molecule has 0 aliphatic carbocycles. The molecular weight excluding hydrogens is 281 g/mol. The molecule has 0 saturated heterocycles. The summed E-state index contributed by atoms with van der Waals surface area (Å²) in [6, 6.07) is 9.51. The van der Waals surface area contributed by atoms with E-state index in [2.05, 4.69) is 10.8 Å². The first kappa shape index (κ1) is 17.8. The first-order chi connectivity index (χ1) is 6.66. The van der Waals surface area contributed by atoms with Gasteiger partial charge in [0, 0.05) is 32.7 Å². The third-order valence-electron chi connectivity index (χ3n) is 1.92. The van der Waals surface area contributed by atoms with Gasteiger partial charge in [-0.15, -0.1) is 5.56 Å². The zero-order valence-electron chi connectivity index (χ0n) is 9.69. The van der Waals surface area contributed by atoms with E-state index in [4.69, 9.17) is 0 Å². The Morgan fingerprint density at radius 3 is 2.19 bits per heavy atom. The first-order valence-corrected chi connectivity index (χ1v) is 4.21.